The Kier molecular flexibility index (Phi) is 8.58. The summed E-state index contributed by atoms with van der Waals surface area (Å²) in [6.07, 6.45) is 1.19. The third kappa shape index (κ3) is 5.75. The highest BCUT2D eigenvalue weighted by Gasteiger charge is 2.24. The number of rotatable bonds is 5. The fourth-order valence-electron chi connectivity index (χ4n) is 2.55. The van der Waals surface area contributed by atoms with Gasteiger partial charge in [0.15, 0.2) is 5.96 Å². The number of nitrogens with one attached hydrogen (secondary N) is 1. The highest BCUT2D eigenvalue weighted by molar-refractivity contribution is 14.0. The monoisotopic (exact) mass is 423 g/mol. The van der Waals surface area contributed by atoms with Crippen LogP contribution in [0, 0.1) is 12.8 Å². The van der Waals surface area contributed by atoms with Gasteiger partial charge in [-0.2, -0.15) is 0 Å². The molecule has 1 aromatic rings. The van der Waals surface area contributed by atoms with E-state index >= 15 is 0 Å². The first-order chi connectivity index (χ1) is 9.72. The van der Waals surface area contributed by atoms with Gasteiger partial charge < -0.3 is 15.0 Å². The molecule has 1 fully saturated rings. The quantitative estimate of drug-likeness (QED) is 0.449. The molecule has 1 N–H and O–H groups in total. The summed E-state index contributed by atoms with van der Waals surface area (Å²) >= 11 is 1.83. The third-order valence-corrected chi connectivity index (χ3v) is 4.49. The molecular weight excluding hydrogens is 397 g/mol. The molecule has 1 aromatic heterocycles. The molecule has 0 amide bonds. The number of aliphatic imine (C=N–C) groups is 1. The number of thiophene rings is 1. The van der Waals surface area contributed by atoms with Gasteiger partial charge in [0.05, 0.1) is 13.2 Å². The summed E-state index contributed by atoms with van der Waals surface area (Å²) in [6.45, 7) is 8.90. The van der Waals surface area contributed by atoms with Crippen molar-refractivity contribution in [1.29, 1.82) is 0 Å². The predicted molar refractivity (Wildman–Crippen MR) is 101 cm³/mol. The van der Waals surface area contributed by atoms with Gasteiger partial charge >= 0.3 is 0 Å². The maximum Gasteiger partial charge on any atom is 0.194 e. The Morgan fingerprint density at radius 2 is 2.33 bits per heavy atom. The van der Waals surface area contributed by atoms with E-state index in [1.54, 1.807) is 7.11 Å². The van der Waals surface area contributed by atoms with Crippen LogP contribution in [0.4, 0.5) is 0 Å². The first kappa shape index (κ1) is 18.7. The van der Waals surface area contributed by atoms with E-state index in [-0.39, 0.29) is 24.0 Å². The van der Waals surface area contributed by atoms with Crippen molar-refractivity contribution < 1.29 is 4.74 Å². The number of ether oxygens (including phenoxy) is 1. The molecule has 0 radical (unpaired) electrons. The molecule has 1 aliphatic rings. The second-order valence-corrected chi connectivity index (χ2v) is 6.61. The number of methoxy groups -OCH3 is 1. The van der Waals surface area contributed by atoms with Crippen LogP contribution in [0.3, 0.4) is 0 Å². The molecule has 6 heteroatoms. The number of aryl methyl sites for hydroxylation is 1. The van der Waals surface area contributed by atoms with Crippen molar-refractivity contribution in [3.63, 3.8) is 0 Å². The van der Waals surface area contributed by atoms with E-state index in [0.29, 0.717) is 5.92 Å². The maximum absolute atomic E-state index is 5.26. The Morgan fingerprint density at radius 1 is 1.52 bits per heavy atom. The van der Waals surface area contributed by atoms with Gasteiger partial charge in [0, 0.05) is 42.4 Å². The summed E-state index contributed by atoms with van der Waals surface area (Å²) in [5.41, 5.74) is 0. The Hall–Kier alpha value is -0.340. The van der Waals surface area contributed by atoms with E-state index in [0.717, 1.165) is 38.7 Å². The molecular formula is C15H26IN3OS. The van der Waals surface area contributed by atoms with Crippen LogP contribution in [-0.4, -0.2) is 44.2 Å². The lowest BCUT2D eigenvalue weighted by molar-refractivity contribution is 0.157. The zero-order valence-electron chi connectivity index (χ0n) is 13.1. The highest BCUT2D eigenvalue weighted by atomic mass is 127. The van der Waals surface area contributed by atoms with E-state index in [1.807, 2.05) is 11.3 Å². The van der Waals surface area contributed by atoms with Gasteiger partial charge in [-0.3, -0.25) is 0 Å². The number of hydrogen-bond acceptors (Lipinski definition) is 3. The van der Waals surface area contributed by atoms with Crippen LogP contribution >= 0.6 is 35.3 Å². The minimum absolute atomic E-state index is 0. The second kappa shape index (κ2) is 9.63. The molecule has 0 saturated carbocycles. The topological polar surface area (TPSA) is 36.9 Å². The van der Waals surface area contributed by atoms with Gasteiger partial charge in [-0.15, -0.1) is 35.3 Å². The lowest BCUT2D eigenvalue weighted by Gasteiger charge is -2.21. The fourth-order valence-corrected chi connectivity index (χ4v) is 3.36. The Labute approximate surface area is 149 Å². The standard InChI is InChI=1S/C15H25N3OS.HI/c1-4-16-15(17-9-14-6-5-12(2)20-14)18-8-7-13(10-18)11-19-3;/h5-6,13H,4,7-11H2,1-3H3,(H,16,17);1H. The SMILES string of the molecule is CCNC(=NCc1ccc(C)s1)N1CCC(COC)C1.I. The first-order valence-corrected chi connectivity index (χ1v) is 8.12. The van der Waals surface area contributed by atoms with E-state index in [9.17, 15) is 0 Å². The van der Waals surface area contributed by atoms with Gasteiger partial charge in [0.1, 0.15) is 0 Å². The molecule has 0 aliphatic carbocycles. The van der Waals surface area contributed by atoms with Crippen molar-refractivity contribution >= 4 is 41.3 Å². The summed E-state index contributed by atoms with van der Waals surface area (Å²) in [5, 5.41) is 3.40. The number of likely N-dealkylation sites (tertiary alicyclic amines) is 1. The maximum atomic E-state index is 5.26. The minimum Gasteiger partial charge on any atom is -0.384 e. The van der Waals surface area contributed by atoms with Gasteiger partial charge in [-0.05, 0) is 32.4 Å². The van der Waals surface area contributed by atoms with Crippen LogP contribution in [0.2, 0.25) is 0 Å². The average Bonchev–Trinajstić information content (AvgIpc) is 3.04. The highest BCUT2D eigenvalue weighted by Crippen LogP contribution is 2.18. The molecule has 4 nitrogen and oxygen atoms in total. The van der Waals surface area contributed by atoms with Crippen molar-refractivity contribution in [3.8, 4) is 0 Å². The molecule has 21 heavy (non-hydrogen) atoms. The zero-order valence-corrected chi connectivity index (χ0v) is 16.2. The van der Waals surface area contributed by atoms with E-state index in [1.165, 1.54) is 16.2 Å². The minimum atomic E-state index is 0. The van der Waals surface area contributed by atoms with E-state index in [2.05, 4.69) is 36.2 Å². The van der Waals surface area contributed by atoms with Crippen LogP contribution in [0.5, 0.6) is 0 Å². The Morgan fingerprint density at radius 3 is 2.95 bits per heavy atom. The molecule has 1 unspecified atom stereocenters. The summed E-state index contributed by atoms with van der Waals surface area (Å²) in [6, 6.07) is 4.33. The molecule has 1 atom stereocenters. The van der Waals surface area contributed by atoms with Crippen LogP contribution < -0.4 is 5.32 Å². The van der Waals surface area contributed by atoms with Gasteiger partial charge in [-0.1, -0.05) is 0 Å². The summed E-state index contributed by atoms with van der Waals surface area (Å²) in [7, 11) is 1.78. The summed E-state index contributed by atoms with van der Waals surface area (Å²) in [4.78, 5) is 9.80. The fraction of sp³-hybridized carbons (Fsp3) is 0.667. The van der Waals surface area contributed by atoms with Crippen molar-refractivity contribution in [2.75, 3.05) is 33.4 Å². The third-order valence-electron chi connectivity index (χ3n) is 3.50. The lowest BCUT2D eigenvalue weighted by atomic mass is 10.1. The number of guanidine groups is 1. The number of nitrogens with zero attached hydrogens (tertiary/aromatic N) is 2. The Bertz CT molecular complexity index is 450. The smallest absolute Gasteiger partial charge is 0.194 e. The number of halogens is 1. The van der Waals surface area contributed by atoms with Crippen molar-refractivity contribution in [2.45, 2.75) is 26.8 Å². The van der Waals surface area contributed by atoms with Crippen molar-refractivity contribution in [3.05, 3.63) is 21.9 Å². The Balaban J connectivity index is 0.00000220. The lowest BCUT2D eigenvalue weighted by Crippen LogP contribution is -2.40. The van der Waals surface area contributed by atoms with Crippen molar-refractivity contribution in [2.24, 2.45) is 10.9 Å². The normalized spacial score (nSPS) is 18.7. The zero-order chi connectivity index (χ0) is 14.4. The molecule has 0 spiro atoms. The molecule has 2 heterocycles. The summed E-state index contributed by atoms with van der Waals surface area (Å²) < 4.78 is 5.26. The molecule has 2 rings (SSSR count). The molecule has 0 bridgehead atoms. The van der Waals surface area contributed by atoms with Gasteiger partial charge in [0.25, 0.3) is 0 Å². The van der Waals surface area contributed by atoms with Crippen LogP contribution in [0.15, 0.2) is 17.1 Å². The van der Waals surface area contributed by atoms with Crippen LogP contribution in [-0.2, 0) is 11.3 Å². The molecule has 120 valence electrons. The van der Waals surface area contributed by atoms with Crippen molar-refractivity contribution in [1.82, 2.24) is 10.2 Å². The van der Waals surface area contributed by atoms with Crippen LogP contribution in [0.25, 0.3) is 0 Å². The van der Waals surface area contributed by atoms with E-state index in [4.69, 9.17) is 9.73 Å². The summed E-state index contributed by atoms with van der Waals surface area (Å²) in [5.74, 6) is 1.67. The average molecular weight is 423 g/mol. The predicted octanol–water partition coefficient (Wildman–Crippen LogP) is 3.11. The van der Waals surface area contributed by atoms with Crippen LogP contribution in [0.1, 0.15) is 23.1 Å². The second-order valence-electron chi connectivity index (χ2n) is 5.24. The molecule has 1 saturated heterocycles. The van der Waals surface area contributed by atoms with E-state index < -0.39 is 0 Å². The molecule has 1 aliphatic heterocycles. The van der Waals surface area contributed by atoms with Gasteiger partial charge in [0.2, 0.25) is 0 Å². The van der Waals surface area contributed by atoms with Gasteiger partial charge in [-0.25, -0.2) is 4.99 Å². The first-order valence-electron chi connectivity index (χ1n) is 7.30. The largest absolute Gasteiger partial charge is 0.384 e. The number of hydrogen-bond donors (Lipinski definition) is 1. The molecule has 0 aromatic carbocycles.